The summed E-state index contributed by atoms with van der Waals surface area (Å²) in [6, 6.07) is 3.52. The van der Waals surface area contributed by atoms with Gasteiger partial charge in [0.1, 0.15) is 5.82 Å². The number of aryl methyl sites for hydroxylation is 2. The van der Waals surface area contributed by atoms with Gasteiger partial charge in [0, 0.05) is 25.4 Å². The Morgan fingerprint density at radius 1 is 1.35 bits per heavy atom. The third kappa shape index (κ3) is 2.15. The summed E-state index contributed by atoms with van der Waals surface area (Å²) in [4.78, 5) is 11.5. The molecule has 0 fully saturated rings. The molecule has 104 valence electrons. The first-order valence-electron chi connectivity index (χ1n) is 6.37. The highest BCUT2D eigenvalue weighted by Gasteiger charge is 2.07. The van der Waals surface area contributed by atoms with E-state index < -0.39 is 0 Å². The van der Waals surface area contributed by atoms with E-state index in [1.807, 2.05) is 13.2 Å². The van der Waals surface area contributed by atoms with Gasteiger partial charge in [-0.25, -0.2) is 9.89 Å². The fraction of sp³-hybridized carbons (Fsp3) is 0.333. The topological polar surface area (TPSA) is 92.9 Å². The minimum absolute atomic E-state index is 0.348. The van der Waals surface area contributed by atoms with Crippen molar-refractivity contribution in [3.8, 4) is 0 Å². The van der Waals surface area contributed by atoms with Gasteiger partial charge in [-0.2, -0.15) is 14.7 Å². The van der Waals surface area contributed by atoms with Gasteiger partial charge in [0.15, 0.2) is 5.65 Å². The maximum atomic E-state index is 11.5. The van der Waals surface area contributed by atoms with E-state index in [2.05, 4.69) is 32.6 Å². The molecular formula is C12H15N7O. The van der Waals surface area contributed by atoms with Crippen molar-refractivity contribution in [2.45, 2.75) is 19.9 Å². The summed E-state index contributed by atoms with van der Waals surface area (Å²) in [5.74, 6) is 0.618. The lowest BCUT2D eigenvalue weighted by molar-refractivity contribution is 0.746. The van der Waals surface area contributed by atoms with Gasteiger partial charge < -0.3 is 5.32 Å². The lowest BCUT2D eigenvalue weighted by atomic mass is 10.2. The number of anilines is 1. The molecule has 0 bridgehead atoms. The molecular weight excluding hydrogens is 258 g/mol. The quantitative estimate of drug-likeness (QED) is 0.714. The van der Waals surface area contributed by atoms with Crippen LogP contribution in [-0.4, -0.2) is 29.6 Å². The van der Waals surface area contributed by atoms with Crippen LogP contribution in [0.25, 0.3) is 5.65 Å². The average molecular weight is 273 g/mol. The second kappa shape index (κ2) is 4.80. The van der Waals surface area contributed by atoms with Crippen LogP contribution >= 0.6 is 0 Å². The number of nitrogens with zero attached hydrogens (tertiary/aromatic N) is 5. The van der Waals surface area contributed by atoms with Gasteiger partial charge in [-0.05, 0) is 18.6 Å². The lowest BCUT2D eigenvalue weighted by Gasteiger charge is -2.04. The van der Waals surface area contributed by atoms with E-state index in [-0.39, 0.29) is 5.69 Å². The number of hydrogen-bond acceptors (Lipinski definition) is 5. The molecule has 0 aromatic carbocycles. The highest BCUT2D eigenvalue weighted by atomic mass is 16.2. The summed E-state index contributed by atoms with van der Waals surface area (Å²) in [7, 11) is 1.90. The maximum absolute atomic E-state index is 11.5. The van der Waals surface area contributed by atoms with Gasteiger partial charge >= 0.3 is 5.69 Å². The summed E-state index contributed by atoms with van der Waals surface area (Å²) < 4.78 is 3.03. The first-order chi connectivity index (χ1) is 9.67. The molecule has 0 aliphatic carbocycles. The minimum Gasteiger partial charge on any atom is -0.364 e. The fourth-order valence-corrected chi connectivity index (χ4v) is 2.11. The molecule has 0 saturated carbocycles. The molecule has 0 amide bonds. The second-order valence-electron chi connectivity index (χ2n) is 4.50. The molecule has 20 heavy (non-hydrogen) atoms. The number of rotatable bonds is 4. The fourth-order valence-electron chi connectivity index (χ4n) is 2.11. The van der Waals surface area contributed by atoms with Crippen molar-refractivity contribution in [2.75, 3.05) is 5.32 Å². The number of hydrogen-bond donors (Lipinski definition) is 2. The molecule has 0 spiro atoms. The van der Waals surface area contributed by atoms with Gasteiger partial charge in [-0.1, -0.05) is 6.92 Å². The molecule has 0 unspecified atom stereocenters. The second-order valence-corrected chi connectivity index (χ2v) is 4.50. The Labute approximate surface area is 114 Å². The summed E-state index contributed by atoms with van der Waals surface area (Å²) in [5.41, 5.74) is 2.33. The number of H-pyrrole nitrogens is 1. The van der Waals surface area contributed by atoms with E-state index in [4.69, 9.17) is 0 Å². The Bertz CT molecular complexity index is 798. The van der Waals surface area contributed by atoms with Crippen molar-refractivity contribution in [3.63, 3.8) is 0 Å². The third-order valence-electron chi connectivity index (χ3n) is 3.06. The van der Waals surface area contributed by atoms with Crippen LogP contribution in [0.2, 0.25) is 0 Å². The number of aromatic amines is 1. The highest BCUT2D eigenvalue weighted by molar-refractivity contribution is 5.43. The highest BCUT2D eigenvalue weighted by Crippen LogP contribution is 2.10. The maximum Gasteiger partial charge on any atom is 0.364 e. The molecule has 2 N–H and O–H groups in total. The molecule has 3 aromatic heterocycles. The zero-order valence-electron chi connectivity index (χ0n) is 11.3. The SMILES string of the molecule is CCc1nn(C)cc1CNc1ccc2n[nH]c(=O)n2n1. The predicted molar refractivity (Wildman–Crippen MR) is 73.5 cm³/mol. The summed E-state index contributed by atoms with van der Waals surface area (Å²) in [5, 5.41) is 17.9. The Kier molecular flexibility index (Phi) is 2.97. The van der Waals surface area contributed by atoms with Gasteiger partial charge in [-0.15, -0.1) is 5.10 Å². The molecule has 0 radical (unpaired) electrons. The van der Waals surface area contributed by atoms with Gasteiger partial charge in [0.25, 0.3) is 0 Å². The number of nitrogens with one attached hydrogen (secondary N) is 2. The Morgan fingerprint density at radius 3 is 3.00 bits per heavy atom. The van der Waals surface area contributed by atoms with Crippen molar-refractivity contribution < 1.29 is 0 Å². The minimum atomic E-state index is -0.348. The third-order valence-corrected chi connectivity index (χ3v) is 3.06. The van der Waals surface area contributed by atoms with Crippen molar-refractivity contribution in [2.24, 2.45) is 7.05 Å². The van der Waals surface area contributed by atoms with E-state index in [1.54, 1.807) is 16.8 Å². The van der Waals surface area contributed by atoms with Gasteiger partial charge in [0.2, 0.25) is 0 Å². The van der Waals surface area contributed by atoms with Crippen LogP contribution in [0.4, 0.5) is 5.82 Å². The lowest BCUT2D eigenvalue weighted by Crippen LogP contribution is -2.14. The zero-order chi connectivity index (χ0) is 14.1. The molecule has 3 aromatic rings. The van der Waals surface area contributed by atoms with Crippen molar-refractivity contribution in [1.82, 2.24) is 29.6 Å². The zero-order valence-corrected chi connectivity index (χ0v) is 11.3. The largest absolute Gasteiger partial charge is 0.364 e. The van der Waals surface area contributed by atoms with Crippen LogP contribution in [0.15, 0.2) is 23.1 Å². The molecule has 0 aliphatic rings. The van der Waals surface area contributed by atoms with Crippen LogP contribution in [0.5, 0.6) is 0 Å². The van der Waals surface area contributed by atoms with Crippen LogP contribution in [-0.2, 0) is 20.0 Å². The molecule has 0 saturated heterocycles. The first kappa shape index (κ1) is 12.4. The number of fused-ring (bicyclic) bond motifs is 1. The normalized spacial score (nSPS) is 11.1. The van der Waals surface area contributed by atoms with Crippen molar-refractivity contribution >= 4 is 11.5 Å². The molecule has 0 atom stereocenters. The summed E-state index contributed by atoms with van der Waals surface area (Å²) in [6.45, 7) is 2.68. The molecule has 8 heteroatoms. The van der Waals surface area contributed by atoms with Crippen LogP contribution in [0.3, 0.4) is 0 Å². The van der Waals surface area contributed by atoms with Gasteiger partial charge in [0.05, 0.1) is 5.69 Å². The summed E-state index contributed by atoms with van der Waals surface area (Å²) >= 11 is 0. The van der Waals surface area contributed by atoms with E-state index >= 15 is 0 Å². The van der Waals surface area contributed by atoms with E-state index in [0.29, 0.717) is 18.0 Å². The molecule has 3 rings (SSSR count). The van der Waals surface area contributed by atoms with E-state index in [9.17, 15) is 4.79 Å². The smallest absolute Gasteiger partial charge is 0.364 e. The van der Waals surface area contributed by atoms with Crippen molar-refractivity contribution in [1.29, 1.82) is 0 Å². The molecule has 8 nitrogen and oxygen atoms in total. The number of aromatic nitrogens is 6. The standard InChI is InChI=1S/C12H15N7O/c1-3-9-8(7-18(2)16-9)6-13-10-4-5-11-14-15-12(20)19(11)17-10/h4-5,7H,3,6H2,1-2H3,(H,13,17)(H,15,20). The van der Waals surface area contributed by atoms with Crippen LogP contribution in [0, 0.1) is 0 Å². The Morgan fingerprint density at radius 2 is 2.20 bits per heavy atom. The first-order valence-corrected chi connectivity index (χ1v) is 6.37. The average Bonchev–Trinajstić information content (AvgIpc) is 3.00. The Hall–Kier alpha value is -2.64. The van der Waals surface area contributed by atoms with E-state index in [1.165, 1.54) is 4.52 Å². The predicted octanol–water partition coefficient (Wildman–Crippen LogP) is 0.326. The molecule has 3 heterocycles. The summed E-state index contributed by atoms with van der Waals surface area (Å²) in [6.07, 6.45) is 2.86. The Balaban J connectivity index is 1.82. The van der Waals surface area contributed by atoms with Crippen LogP contribution < -0.4 is 11.0 Å². The van der Waals surface area contributed by atoms with Crippen molar-refractivity contribution in [3.05, 3.63) is 40.1 Å². The van der Waals surface area contributed by atoms with Gasteiger partial charge in [-0.3, -0.25) is 4.68 Å². The monoisotopic (exact) mass is 273 g/mol. The molecule has 0 aliphatic heterocycles. The van der Waals surface area contributed by atoms with E-state index in [0.717, 1.165) is 17.7 Å². The van der Waals surface area contributed by atoms with Crippen LogP contribution in [0.1, 0.15) is 18.2 Å².